The molecule has 0 aromatic rings. The Bertz CT molecular complexity index is 476. The number of nitrogens with zero attached hydrogens (tertiary/aromatic N) is 4. The molecule has 27 heavy (non-hydrogen) atoms. The minimum Gasteiger partial charge on any atom is -0.298 e. The lowest BCUT2D eigenvalue weighted by atomic mass is 10.2. The third kappa shape index (κ3) is 10.5. The molecule has 0 N–H and O–H groups in total. The van der Waals surface area contributed by atoms with Crippen molar-refractivity contribution in [2.45, 2.75) is 19.9 Å². The van der Waals surface area contributed by atoms with E-state index in [-0.39, 0.29) is 45.3 Å². The van der Waals surface area contributed by atoms with Gasteiger partial charge in [0.1, 0.15) is 0 Å². The van der Waals surface area contributed by atoms with Crippen molar-refractivity contribution in [3.63, 3.8) is 0 Å². The second-order valence-corrected chi connectivity index (χ2v) is 7.02. The summed E-state index contributed by atoms with van der Waals surface area (Å²) in [6.07, 6.45) is 0. The van der Waals surface area contributed by atoms with E-state index in [2.05, 4.69) is 4.90 Å². The van der Waals surface area contributed by atoms with Crippen LogP contribution < -0.4 is 0 Å². The van der Waals surface area contributed by atoms with E-state index < -0.39 is 24.7 Å². The highest BCUT2D eigenvalue weighted by atomic mass is 19.1. The smallest absolute Gasteiger partial charge is 0.298 e. The van der Waals surface area contributed by atoms with Gasteiger partial charge in [0.25, 0.3) is 0 Å². The van der Waals surface area contributed by atoms with Crippen LogP contribution in [0, 0.1) is 0 Å². The minimum atomic E-state index is -1.51. The van der Waals surface area contributed by atoms with Crippen LogP contribution in [0.2, 0.25) is 0 Å². The van der Waals surface area contributed by atoms with Crippen LogP contribution in [0.5, 0.6) is 0 Å². The van der Waals surface area contributed by atoms with Crippen molar-refractivity contribution in [2.24, 2.45) is 0 Å². The number of carbonyl (C=O) groups excluding carboxylic acids is 3. The molecule has 0 amide bonds. The minimum absolute atomic E-state index is 0.180. The van der Waals surface area contributed by atoms with E-state index in [4.69, 9.17) is 0 Å². The van der Waals surface area contributed by atoms with E-state index in [0.717, 1.165) is 0 Å². The van der Waals surface area contributed by atoms with Gasteiger partial charge in [-0.05, 0) is 13.8 Å². The first-order chi connectivity index (χ1) is 12.7. The number of carbonyl (C=O) groups is 3. The molecule has 1 saturated heterocycles. The van der Waals surface area contributed by atoms with Crippen molar-refractivity contribution >= 4 is 18.1 Å². The van der Waals surface area contributed by atoms with E-state index in [1.165, 1.54) is 4.90 Å². The zero-order valence-electron chi connectivity index (χ0n) is 16.0. The molecule has 0 aliphatic carbocycles. The van der Waals surface area contributed by atoms with Crippen LogP contribution in [0.3, 0.4) is 0 Å². The molecule has 0 spiro atoms. The molecule has 0 radical (unpaired) electrons. The number of hydrogen-bond acceptors (Lipinski definition) is 7. The van der Waals surface area contributed by atoms with Gasteiger partial charge < -0.3 is 0 Å². The second-order valence-electron chi connectivity index (χ2n) is 7.02. The lowest BCUT2D eigenvalue weighted by Gasteiger charge is -2.34. The van der Waals surface area contributed by atoms with E-state index in [9.17, 15) is 27.6 Å². The summed E-state index contributed by atoms with van der Waals surface area (Å²) in [4.78, 5) is 39.5. The molecule has 0 atom stereocenters. The predicted molar refractivity (Wildman–Crippen MR) is 94.4 cm³/mol. The molecular weight excluding hydrogens is 365 g/mol. The highest BCUT2D eigenvalue weighted by Crippen LogP contribution is 2.04. The maximum absolute atomic E-state index is 12.9. The van der Waals surface area contributed by atoms with Gasteiger partial charge >= 0.3 is 18.1 Å². The molecule has 1 aliphatic rings. The molecule has 1 heterocycles. The maximum Gasteiger partial charge on any atom is 0.315 e. The number of halogens is 3. The Morgan fingerprint density at radius 2 is 0.889 bits per heavy atom. The van der Waals surface area contributed by atoms with Crippen molar-refractivity contribution in [3.8, 4) is 0 Å². The Balaban J connectivity index is 2.88. The number of hydrogen-bond donors (Lipinski definition) is 0. The van der Waals surface area contributed by atoms with Crippen LogP contribution in [0.25, 0.3) is 0 Å². The van der Waals surface area contributed by atoms with Gasteiger partial charge in [-0.1, -0.05) is 0 Å². The van der Waals surface area contributed by atoms with Gasteiger partial charge in [0.05, 0.1) is 19.6 Å². The SMILES string of the molecule is CC(C)N1CCN(CC(=O)F)CCN(CC(=O)F)CCN(CC(=O)F)CC1. The molecular formula is C17H29F3N4O3. The van der Waals surface area contributed by atoms with Crippen LogP contribution in [0.4, 0.5) is 13.2 Å². The van der Waals surface area contributed by atoms with E-state index in [1.54, 1.807) is 9.80 Å². The normalized spacial score (nSPS) is 20.2. The molecule has 0 aromatic heterocycles. The Hall–Kier alpha value is -1.36. The maximum atomic E-state index is 12.9. The quantitative estimate of drug-likeness (QED) is 0.568. The van der Waals surface area contributed by atoms with Crippen molar-refractivity contribution in [1.82, 2.24) is 19.6 Å². The van der Waals surface area contributed by atoms with Gasteiger partial charge in [-0.25, -0.2) is 0 Å². The third-order valence-corrected chi connectivity index (χ3v) is 4.65. The average molecular weight is 394 g/mol. The lowest BCUT2D eigenvalue weighted by molar-refractivity contribution is -0.132. The monoisotopic (exact) mass is 394 g/mol. The fraction of sp³-hybridized carbons (Fsp3) is 0.824. The van der Waals surface area contributed by atoms with Gasteiger partial charge in [0.15, 0.2) is 0 Å². The Morgan fingerprint density at radius 1 is 0.630 bits per heavy atom. The molecule has 1 fully saturated rings. The molecule has 156 valence electrons. The van der Waals surface area contributed by atoms with Gasteiger partial charge in [0, 0.05) is 58.4 Å². The van der Waals surface area contributed by atoms with E-state index >= 15 is 0 Å². The summed E-state index contributed by atoms with van der Waals surface area (Å²) in [6.45, 7) is 5.89. The zero-order valence-corrected chi connectivity index (χ0v) is 16.0. The Kier molecular flexibility index (Phi) is 10.7. The summed E-state index contributed by atoms with van der Waals surface area (Å²) in [5, 5.41) is 0. The molecule has 0 aromatic carbocycles. The van der Waals surface area contributed by atoms with Crippen molar-refractivity contribution in [1.29, 1.82) is 0 Å². The third-order valence-electron chi connectivity index (χ3n) is 4.65. The van der Waals surface area contributed by atoms with Crippen molar-refractivity contribution in [2.75, 3.05) is 72.0 Å². The van der Waals surface area contributed by atoms with Gasteiger partial charge in [-0.3, -0.25) is 34.0 Å². The fourth-order valence-corrected chi connectivity index (χ4v) is 3.07. The topological polar surface area (TPSA) is 64.2 Å². The fourth-order valence-electron chi connectivity index (χ4n) is 3.07. The first-order valence-electron chi connectivity index (χ1n) is 9.13. The molecule has 0 saturated carbocycles. The van der Waals surface area contributed by atoms with Crippen LogP contribution in [-0.2, 0) is 14.4 Å². The Morgan fingerprint density at radius 3 is 1.11 bits per heavy atom. The lowest BCUT2D eigenvalue weighted by Crippen LogP contribution is -2.49. The zero-order chi connectivity index (χ0) is 20.4. The van der Waals surface area contributed by atoms with Crippen LogP contribution >= 0.6 is 0 Å². The van der Waals surface area contributed by atoms with Crippen LogP contribution in [0.1, 0.15) is 13.8 Å². The predicted octanol–water partition coefficient (Wildman–Crippen LogP) is 0.105. The molecule has 1 aliphatic heterocycles. The summed E-state index contributed by atoms with van der Waals surface area (Å²) >= 11 is 0. The van der Waals surface area contributed by atoms with Gasteiger partial charge in [-0.2, -0.15) is 13.2 Å². The van der Waals surface area contributed by atoms with Gasteiger partial charge in [-0.15, -0.1) is 0 Å². The van der Waals surface area contributed by atoms with Crippen LogP contribution in [0.15, 0.2) is 0 Å². The highest BCUT2D eigenvalue weighted by Gasteiger charge is 2.21. The Labute approximate surface area is 158 Å². The summed E-state index contributed by atoms with van der Waals surface area (Å²) in [5.74, 6) is 0. The molecule has 0 bridgehead atoms. The molecule has 7 nitrogen and oxygen atoms in total. The first-order valence-corrected chi connectivity index (χ1v) is 9.13. The molecule has 1 rings (SSSR count). The largest absolute Gasteiger partial charge is 0.315 e. The first kappa shape index (κ1) is 23.7. The molecule has 10 heteroatoms. The standard InChI is InChI=1S/C17H29F3N4O3/c1-14(2)24-9-7-22(12-16(19)26)5-3-21(11-15(18)25)4-6-23(8-10-24)13-17(20)27/h14H,3-13H2,1-2H3. The summed E-state index contributed by atoms with van der Waals surface area (Å²) in [5.41, 5.74) is 0. The van der Waals surface area contributed by atoms with Crippen molar-refractivity contribution in [3.05, 3.63) is 0 Å². The van der Waals surface area contributed by atoms with Crippen LogP contribution in [-0.4, -0.2) is 116 Å². The van der Waals surface area contributed by atoms with E-state index in [1.807, 2.05) is 13.8 Å². The highest BCUT2D eigenvalue weighted by molar-refractivity contribution is 5.70. The summed E-state index contributed by atoms with van der Waals surface area (Å²) < 4.78 is 38.6. The van der Waals surface area contributed by atoms with Gasteiger partial charge in [0.2, 0.25) is 0 Å². The number of rotatable bonds is 7. The van der Waals surface area contributed by atoms with Crippen molar-refractivity contribution < 1.29 is 27.6 Å². The summed E-state index contributed by atoms with van der Waals surface area (Å²) in [7, 11) is 0. The second kappa shape index (κ2) is 12.2. The summed E-state index contributed by atoms with van der Waals surface area (Å²) in [6, 6.07) is -4.22. The average Bonchev–Trinajstić information content (AvgIpc) is 2.53. The van der Waals surface area contributed by atoms with E-state index in [0.29, 0.717) is 26.2 Å². The molecule has 0 unspecified atom stereocenters.